The molecule has 6 heteroatoms. The van der Waals surface area contributed by atoms with Crippen molar-refractivity contribution in [1.82, 2.24) is 9.78 Å². The fourth-order valence-electron chi connectivity index (χ4n) is 2.62. The van der Waals surface area contributed by atoms with Crippen LogP contribution in [0, 0.1) is 6.07 Å². The Kier molecular flexibility index (Phi) is 7.63. The van der Waals surface area contributed by atoms with E-state index in [1.54, 1.807) is 6.20 Å². The molecule has 27 heavy (non-hydrogen) atoms. The smallest absolute Gasteiger partial charge is 0.0504 e. The summed E-state index contributed by atoms with van der Waals surface area (Å²) in [5.74, 6) is 0. The van der Waals surface area contributed by atoms with E-state index in [1.807, 2.05) is 47.3 Å². The molecule has 0 aliphatic rings. The van der Waals surface area contributed by atoms with Crippen molar-refractivity contribution in [1.29, 1.82) is 0 Å². The van der Waals surface area contributed by atoms with E-state index in [-0.39, 0.29) is 0 Å². The third kappa shape index (κ3) is 5.28. The summed E-state index contributed by atoms with van der Waals surface area (Å²) in [6, 6.07) is 32.5. The molecule has 1 aromatic heterocycles. The van der Waals surface area contributed by atoms with E-state index in [1.165, 1.54) is 10.6 Å². The Labute approximate surface area is 175 Å². The average Bonchev–Trinajstić information content (AvgIpc) is 3.30. The molecule has 0 spiro atoms. The Morgan fingerprint density at radius 3 is 2.00 bits per heavy atom. The van der Waals surface area contributed by atoms with E-state index < -0.39 is 8.07 Å². The van der Waals surface area contributed by atoms with Crippen LogP contribution in [0.3, 0.4) is 0 Å². The molecule has 4 rings (SSSR count). The standard InChI is InChI=1S/C21H17N3P.ClH.Pd/c1-3-11-20(12-4-1)25(21-13-5-2-6-14-21)23-18-9-7-10-19(17-18)24-16-8-15-22-24;;/h1-16,23H;1H;/q-1;;+2/p-1. The van der Waals surface area contributed by atoms with E-state index in [0.717, 1.165) is 11.4 Å². The average molecular weight is 484 g/mol. The molecule has 0 unspecified atom stereocenters. The van der Waals surface area contributed by atoms with Crippen LogP contribution in [0.4, 0.5) is 5.69 Å². The minimum atomic E-state index is -0.708. The molecule has 3 aromatic carbocycles. The topological polar surface area (TPSA) is 29.9 Å². The van der Waals surface area contributed by atoms with E-state index in [9.17, 15) is 0 Å². The molecule has 0 atom stereocenters. The molecular formula is C21H17ClN3PPd. The first-order valence-electron chi connectivity index (χ1n) is 8.21. The monoisotopic (exact) mass is 483 g/mol. The number of nitrogens with one attached hydrogen (secondary N) is 1. The van der Waals surface area contributed by atoms with Gasteiger partial charge in [0, 0.05) is 23.0 Å². The zero-order valence-corrected chi connectivity index (χ0v) is 17.5. The molecule has 0 saturated heterocycles. The SMILES string of the molecule is [Cl][Pd+].[c-]1c(NP(c2ccccc2)c2ccccc2)cccc1-n1cccn1. The Morgan fingerprint density at radius 1 is 0.815 bits per heavy atom. The maximum absolute atomic E-state index is 4.49. The summed E-state index contributed by atoms with van der Waals surface area (Å²) in [7, 11) is 3.78. The number of anilines is 1. The molecule has 138 valence electrons. The predicted molar refractivity (Wildman–Crippen MR) is 111 cm³/mol. The second kappa shape index (κ2) is 10.4. The van der Waals surface area contributed by atoms with Crippen LogP contribution in [0.15, 0.2) is 97.3 Å². The Hall–Kier alpha value is -1.95. The van der Waals surface area contributed by atoms with Crippen molar-refractivity contribution in [2.45, 2.75) is 0 Å². The van der Waals surface area contributed by atoms with Crippen LogP contribution in [-0.2, 0) is 18.2 Å². The fourth-order valence-corrected chi connectivity index (χ4v) is 4.49. The summed E-state index contributed by atoms with van der Waals surface area (Å²) < 4.78 is 1.82. The van der Waals surface area contributed by atoms with Gasteiger partial charge >= 0.3 is 27.7 Å². The van der Waals surface area contributed by atoms with E-state index in [0.29, 0.717) is 0 Å². The minimum absolute atomic E-state index is 0.708. The molecule has 0 radical (unpaired) electrons. The molecule has 0 amide bonds. The number of benzene rings is 3. The van der Waals surface area contributed by atoms with Gasteiger partial charge in [0.25, 0.3) is 0 Å². The first-order chi connectivity index (χ1) is 13.4. The van der Waals surface area contributed by atoms with Crippen LogP contribution < -0.4 is 15.7 Å². The van der Waals surface area contributed by atoms with E-state index in [4.69, 9.17) is 0 Å². The third-order valence-electron chi connectivity index (χ3n) is 3.79. The first kappa shape index (κ1) is 19.8. The van der Waals surface area contributed by atoms with Crippen LogP contribution in [0.2, 0.25) is 0 Å². The van der Waals surface area contributed by atoms with Gasteiger partial charge in [-0.1, -0.05) is 66.4 Å². The van der Waals surface area contributed by atoms with Crippen molar-refractivity contribution in [3.63, 3.8) is 0 Å². The molecular weight excluding hydrogens is 467 g/mol. The molecule has 4 aromatic rings. The van der Waals surface area contributed by atoms with Crippen LogP contribution >= 0.6 is 17.6 Å². The molecule has 0 fully saturated rings. The Bertz CT molecular complexity index is 895. The van der Waals surface area contributed by atoms with Crippen molar-refractivity contribution in [3.8, 4) is 5.69 Å². The summed E-state index contributed by atoms with van der Waals surface area (Å²) in [6.07, 6.45) is 3.70. The van der Waals surface area contributed by atoms with Gasteiger partial charge in [0.05, 0.1) is 8.07 Å². The summed E-state index contributed by atoms with van der Waals surface area (Å²) in [4.78, 5) is 0. The molecule has 0 aliphatic carbocycles. The van der Waals surface area contributed by atoms with Gasteiger partial charge in [0.1, 0.15) is 0 Å². The molecule has 0 bridgehead atoms. The van der Waals surface area contributed by atoms with Gasteiger partial charge in [-0.3, -0.25) is 4.68 Å². The van der Waals surface area contributed by atoms with Crippen LogP contribution in [0.1, 0.15) is 0 Å². The second-order valence-corrected chi connectivity index (χ2v) is 7.45. The zero-order chi connectivity index (χ0) is 18.9. The number of halogens is 1. The minimum Gasteiger partial charge on any atom is -0.380 e. The summed E-state index contributed by atoms with van der Waals surface area (Å²) in [6.45, 7) is 0. The second-order valence-electron chi connectivity index (χ2n) is 5.52. The number of aromatic nitrogens is 2. The van der Waals surface area contributed by atoms with Crippen molar-refractivity contribution in [2.75, 3.05) is 5.09 Å². The van der Waals surface area contributed by atoms with Crippen molar-refractivity contribution < 1.29 is 18.2 Å². The van der Waals surface area contributed by atoms with Gasteiger partial charge < -0.3 is 5.09 Å². The van der Waals surface area contributed by atoms with Gasteiger partial charge in [-0.25, -0.2) is 0 Å². The van der Waals surface area contributed by atoms with Gasteiger partial charge in [-0.05, 0) is 11.8 Å². The van der Waals surface area contributed by atoms with Crippen molar-refractivity contribution in [2.24, 2.45) is 0 Å². The maximum Gasteiger partial charge on any atom is 0.0504 e. The van der Waals surface area contributed by atoms with Crippen molar-refractivity contribution >= 4 is 33.9 Å². The van der Waals surface area contributed by atoms with Crippen LogP contribution in [-0.4, -0.2) is 9.78 Å². The zero-order valence-electron chi connectivity index (χ0n) is 14.3. The van der Waals surface area contributed by atoms with Gasteiger partial charge in [0.15, 0.2) is 0 Å². The summed E-state index contributed by atoms with van der Waals surface area (Å²) >= 11 is 2.22. The van der Waals surface area contributed by atoms with E-state index in [2.05, 4.69) is 92.5 Å². The number of nitrogens with zero attached hydrogens (tertiary/aromatic N) is 2. The molecule has 3 nitrogen and oxygen atoms in total. The van der Waals surface area contributed by atoms with E-state index >= 15 is 0 Å². The van der Waals surface area contributed by atoms with Gasteiger partial charge in [0.2, 0.25) is 0 Å². The quantitative estimate of drug-likeness (QED) is 0.250. The molecule has 0 aliphatic heterocycles. The fraction of sp³-hybridized carbons (Fsp3) is 0. The third-order valence-corrected chi connectivity index (χ3v) is 5.89. The summed E-state index contributed by atoms with van der Waals surface area (Å²) in [5.41, 5.74) is 1.89. The largest absolute Gasteiger partial charge is 0.380 e. The first-order valence-corrected chi connectivity index (χ1v) is 11.6. The molecule has 0 saturated carbocycles. The Morgan fingerprint density at radius 2 is 1.44 bits per heavy atom. The molecule has 1 N–H and O–H groups in total. The Balaban J connectivity index is 0.00000102. The van der Waals surface area contributed by atoms with Gasteiger partial charge in [-0.15, -0.1) is 18.2 Å². The molecule has 1 heterocycles. The number of rotatable bonds is 5. The summed E-state index contributed by atoms with van der Waals surface area (Å²) in [5, 5.41) is 10.5. The van der Waals surface area contributed by atoms with Crippen molar-refractivity contribution in [3.05, 3.63) is 103 Å². The van der Waals surface area contributed by atoms with Gasteiger partial charge in [-0.2, -0.15) is 11.2 Å². The predicted octanol–water partition coefficient (Wildman–Crippen LogP) is 4.82. The van der Waals surface area contributed by atoms with Crippen LogP contribution in [0.25, 0.3) is 5.69 Å². The van der Waals surface area contributed by atoms with Crippen LogP contribution in [0.5, 0.6) is 0 Å². The normalized spacial score (nSPS) is 10.2. The maximum atomic E-state index is 4.49. The number of hydrogen-bond donors (Lipinski definition) is 1. The number of hydrogen-bond acceptors (Lipinski definition) is 2.